The van der Waals surface area contributed by atoms with Gasteiger partial charge in [0.15, 0.2) is 5.82 Å². The molecule has 0 amide bonds. The van der Waals surface area contributed by atoms with E-state index in [2.05, 4.69) is 72.9 Å². The van der Waals surface area contributed by atoms with Gasteiger partial charge in [0.05, 0.1) is 5.69 Å². The van der Waals surface area contributed by atoms with Crippen LogP contribution in [0.1, 0.15) is 6.92 Å². The highest BCUT2D eigenvalue weighted by molar-refractivity contribution is 7.09. The maximum atomic E-state index is 4.45. The Hall–Kier alpha value is -3.32. The van der Waals surface area contributed by atoms with E-state index in [0.29, 0.717) is 11.0 Å². The first-order valence-electron chi connectivity index (χ1n) is 10.0. The summed E-state index contributed by atoms with van der Waals surface area (Å²) >= 11 is 1.25. The van der Waals surface area contributed by atoms with E-state index in [1.54, 1.807) is 0 Å². The van der Waals surface area contributed by atoms with Crippen LogP contribution in [0.15, 0.2) is 89.3 Å². The van der Waals surface area contributed by atoms with Gasteiger partial charge < -0.3 is 9.80 Å². The van der Waals surface area contributed by atoms with Crippen LogP contribution < -0.4 is 4.90 Å². The Bertz CT molecular complexity index is 1020. The molecular formula is C23H24N6S. The second-order valence-corrected chi connectivity index (χ2v) is 7.56. The zero-order chi connectivity index (χ0) is 20.6. The fourth-order valence-corrected chi connectivity index (χ4v) is 3.70. The number of nitrogens with zero attached hydrogens (tertiary/aromatic N) is 6. The highest BCUT2D eigenvalue weighted by Crippen LogP contribution is 2.26. The predicted molar refractivity (Wildman–Crippen MR) is 124 cm³/mol. The number of hydrogen-bond acceptors (Lipinski definition) is 7. The highest BCUT2D eigenvalue weighted by Gasteiger charge is 2.08. The monoisotopic (exact) mass is 416 g/mol. The molecule has 2 aromatic carbocycles. The van der Waals surface area contributed by atoms with Crippen LogP contribution in [0.25, 0.3) is 11.4 Å². The van der Waals surface area contributed by atoms with E-state index in [4.69, 9.17) is 0 Å². The van der Waals surface area contributed by atoms with Gasteiger partial charge in [0.25, 0.3) is 0 Å². The van der Waals surface area contributed by atoms with E-state index in [9.17, 15) is 0 Å². The molecule has 0 saturated carbocycles. The van der Waals surface area contributed by atoms with Gasteiger partial charge in [-0.05, 0) is 43.5 Å². The van der Waals surface area contributed by atoms with Gasteiger partial charge in [-0.3, -0.25) is 0 Å². The zero-order valence-electron chi connectivity index (χ0n) is 16.9. The minimum atomic E-state index is 0.553. The Kier molecular flexibility index (Phi) is 6.61. The van der Waals surface area contributed by atoms with E-state index in [-0.39, 0.29) is 0 Å². The quantitative estimate of drug-likeness (QED) is 0.433. The molecule has 152 valence electrons. The van der Waals surface area contributed by atoms with Gasteiger partial charge in [0.2, 0.25) is 5.13 Å². The Morgan fingerprint density at radius 3 is 2.60 bits per heavy atom. The lowest BCUT2D eigenvalue weighted by Gasteiger charge is -2.27. The molecule has 1 aromatic heterocycles. The fraction of sp³-hybridized carbons (Fsp3) is 0.217. The number of likely N-dealkylation sites (N-methyl/N-ethyl adjacent to an activating group) is 1. The van der Waals surface area contributed by atoms with Crippen LogP contribution in [-0.2, 0) is 0 Å². The van der Waals surface area contributed by atoms with Crippen LogP contribution in [0.3, 0.4) is 0 Å². The van der Waals surface area contributed by atoms with E-state index in [1.165, 1.54) is 17.2 Å². The van der Waals surface area contributed by atoms with Gasteiger partial charge in [0.1, 0.15) is 0 Å². The molecule has 30 heavy (non-hydrogen) atoms. The summed E-state index contributed by atoms with van der Waals surface area (Å²) in [6.07, 6.45) is 8.50. The van der Waals surface area contributed by atoms with Crippen molar-refractivity contribution in [3.05, 3.63) is 79.0 Å². The molecule has 2 heterocycles. The van der Waals surface area contributed by atoms with Crippen LogP contribution in [0.4, 0.5) is 16.5 Å². The lowest BCUT2D eigenvalue weighted by molar-refractivity contribution is 0.416. The average molecular weight is 417 g/mol. The maximum absolute atomic E-state index is 4.45. The van der Waals surface area contributed by atoms with Crippen molar-refractivity contribution in [2.24, 2.45) is 10.2 Å². The topological polar surface area (TPSA) is 57.0 Å². The van der Waals surface area contributed by atoms with Gasteiger partial charge in [-0.2, -0.15) is 9.36 Å². The van der Waals surface area contributed by atoms with Crippen LogP contribution in [-0.4, -0.2) is 40.4 Å². The van der Waals surface area contributed by atoms with Crippen molar-refractivity contribution in [2.45, 2.75) is 6.92 Å². The number of benzene rings is 2. The summed E-state index contributed by atoms with van der Waals surface area (Å²) in [5.41, 5.74) is 2.97. The Balaban J connectivity index is 1.36. The van der Waals surface area contributed by atoms with Crippen molar-refractivity contribution in [2.75, 3.05) is 31.1 Å². The van der Waals surface area contributed by atoms with Crippen LogP contribution in [0.5, 0.6) is 0 Å². The van der Waals surface area contributed by atoms with E-state index in [0.717, 1.165) is 37.4 Å². The zero-order valence-corrected chi connectivity index (χ0v) is 17.7. The van der Waals surface area contributed by atoms with E-state index >= 15 is 0 Å². The van der Waals surface area contributed by atoms with Crippen molar-refractivity contribution in [1.29, 1.82) is 0 Å². The van der Waals surface area contributed by atoms with Crippen LogP contribution in [0, 0.1) is 0 Å². The van der Waals surface area contributed by atoms with Gasteiger partial charge in [-0.1, -0.05) is 42.5 Å². The van der Waals surface area contributed by atoms with E-state index < -0.39 is 0 Å². The van der Waals surface area contributed by atoms with Gasteiger partial charge >= 0.3 is 0 Å². The lowest BCUT2D eigenvalue weighted by atomic mass is 10.2. The Morgan fingerprint density at radius 2 is 1.87 bits per heavy atom. The fourth-order valence-electron chi connectivity index (χ4n) is 3.18. The minimum Gasteiger partial charge on any atom is -0.372 e. The molecule has 0 bridgehead atoms. The van der Waals surface area contributed by atoms with Crippen molar-refractivity contribution in [1.82, 2.24) is 14.3 Å². The molecular weight excluding hydrogens is 392 g/mol. The number of aromatic nitrogens is 2. The molecule has 0 fully saturated rings. The molecule has 4 rings (SSSR count). The standard InChI is InChI=1S/C23H24N6S/c1-2-29(18-17-28-15-7-4-8-16-28)21-13-11-20(12-14-21)25-26-23-24-22(27-30-23)19-9-5-3-6-10-19/h3-15H,2,16-18H2,1H3. The molecule has 0 unspecified atom stereocenters. The van der Waals surface area contributed by atoms with Gasteiger partial charge in [0, 0.05) is 49.0 Å². The molecule has 1 aliphatic heterocycles. The molecule has 0 aliphatic carbocycles. The molecule has 0 saturated heterocycles. The first kappa shape index (κ1) is 20.0. The van der Waals surface area contributed by atoms with Crippen molar-refractivity contribution < 1.29 is 0 Å². The summed E-state index contributed by atoms with van der Waals surface area (Å²) in [7, 11) is 0. The maximum Gasteiger partial charge on any atom is 0.249 e. The van der Waals surface area contributed by atoms with Crippen LogP contribution in [0.2, 0.25) is 0 Å². The second kappa shape index (κ2) is 9.93. The smallest absolute Gasteiger partial charge is 0.249 e. The Labute approximate surface area is 181 Å². The number of hydrogen-bond donors (Lipinski definition) is 0. The molecule has 0 spiro atoms. The number of rotatable bonds is 8. The largest absolute Gasteiger partial charge is 0.372 e. The molecule has 3 aromatic rings. The highest BCUT2D eigenvalue weighted by atomic mass is 32.1. The molecule has 0 atom stereocenters. The predicted octanol–water partition coefficient (Wildman–Crippen LogP) is 5.83. The summed E-state index contributed by atoms with van der Waals surface area (Å²) in [4.78, 5) is 9.13. The minimum absolute atomic E-state index is 0.553. The molecule has 6 nitrogen and oxygen atoms in total. The van der Waals surface area contributed by atoms with Gasteiger partial charge in [-0.15, -0.1) is 10.2 Å². The molecule has 7 heteroatoms. The second-order valence-electron chi connectivity index (χ2n) is 6.83. The molecule has 0 N–H and O–H groups in total. The summed E-state index contributed by atoms with van der Waals surface area (Å²) in [6, 6.07) is 18.1. The summed E-state index contributed by atoms with van der Waals surface area (Å²) < 4.78 is 4.36. The summed E-state index contributed by atoms with van der Waals surface area (Å²) in [6.45, 7) is 6.09. The number of allylic oxidation sites excluding steroid dienone is 2. The lowest BCUT2D eigenvalue weighted by Crippen LogP contribution is -2.33. The van der Waals surface area contributed by atoms with Crippen LogP contribution >= 0.6 is 11.5 Å². The SMILES string of the molecule is CCN(CCN1C=CC=CC1)c1ccc(N=Nc2nc(-c3ccccc3)ns2)cc1. The normalized spacial score (nSPS) is 13.3. The third-order valence-electron chi connectivity index (χ3n) is 4.84. The Morgan fingerprint density at radius 1 is 1.03 bits per heavy atom. The van der Waals surface area contributed by atoms with Crippen molar-refractivity contribution >= 4 is 28.0 Å². The molecule has 1 aliphatic rings. The van der Waals surface area contributed by atoms with Crippen molar-refractivity contribution in [3.8, 4) is 11.4 Å². The van der Waals surface area contributed by atoms with Gasteiger partial charge in [-0.25, -0.2) is 0 Å². The summed E-state index contributed by atoms with van der Waals surface area (Å²) in [5.74, 6) is 0.683. The molecule has 0 radical (unpaired) electrons. The average Bonchev–Trinajstić information content (AvgIpc) is 3.29. The number of anilines is 1. The van der Waals surface area contributed by atoms with E-state index in [1.807, 2.05) is 42.5 Å². The first-order chi connectivity index (χ1) is 14.8. The third kappa shape index (κ3) is 5.18. The summed E-state index contributed by atoms with van der Waals surface area (Å²) in [5, 5.41) is 9.12. The van der Waals surface area contributed by atoms with Crippen molar-refractivity contribution in [3.63, 3.8) is 0 Å². The number of azo groups is 1. The first-order valence-corrected chi connectivity index (χ1v) is 10.8. The third-order valence-corrected chi connectivity index (χ3v) is 5.44.